The van der Waals surface area contributed by atoms with E-state index in [1.54, 1.807) is 4.90 Å². The van der Waals surface area contributed by atoms with Crippen LogP contribution in [0, 0.1) is 33.3 Å². The summed E-state index contributed by atoms with van der Waals surface area (Å²) in [5, 5.41) is 41.9. The van der Waals surface area contributed by atoms with Gasteiger partial charge in [0.1, 0.15) is 18.8 Å². The van der Waals surface area contributed by atoms with Crippen LogP contribution in [0.4, 0.5) is 10.5 Å². The summed E-state index contributed by atoms with van der Waals surface area (Å²) in [5.41, 5.74) is 0.407. The Morgan fingerprint density at radius 3 is 2.61 bits per heavy atom. The molecule has 14 nitrogen and oxygen atoms in total. The molecule has 2 fully saturated rings. The monoisotopic (exact) mass is 647 g/mol. The molecule has 236 valence electrons. The summed E-state index contributed by atoms with van der Waals surface area (Å²) in [4.78, 5) is 63.9. The summed E-state index contributed by atoms with van der Waals surface area (Å²) >= 11 is 2.79. The Hall–Kier alpha value is -3.81. The van der Waals surface area contributed by atoms with Crippen LogP contribution in [0.1, 0.15) is 32.3 Å². The molecule has 3 amide bonds. The van der Waals surface area contributed by atoms with Crippen molar-refractivity contribution in [2.75, 3.05) is 24.6 Å². The number of nitriles is 1. The van der Waals surface area contributed by atoms with Crippen molar-refractivity contribution in [2.45, 2.75) is 56.7 Å². The highest BCUT2D eigenvalue weighted by molar-refractivity contribution is 8.03. The Balaban J connectivity index is 1.45. The average molecular weight is 648 g/mol. The van der Waals surface area contributed by atoms with E-state index in [0.29, 0.717) is 28.4 Å². The number of nitro benzene ring substituents is 1. The van der Waals surface area contributed by atoms with Gasteiger partial charge >= 0.3 is 12.1 Å². The molecule has 1 aromatic rings. The number of β-lactam (4-membered cyclic amide) rings is 1. The van der Waals surface area contributed by atoms with Crippen LogP contribution >= 0.6 is 23.5 Å². The molecule has 4 rings (SSSR count). The molecule has 3 N–H and O–H groups in total. The molecule has 0 aliphatic carbocycles. The van der Waals surface area contributed by atoms with E-state index < -0.39 is 41.0 Å². The van der Waals surface area contributed by atoms with Crippen LogP contribution < -0.4 is 5.32 Å². The lowest BCUT2D eigenvalue weighted by Gasteiger charge is -2.46. The predicted molar refractivity (Wildman–Crippen MR) is 160 cm³/mol. The molecule has 1 aromatic carbocycles. The van der Waals surface area contributed by atoms with E-state index in [0.717, 1.165) is 0 Å². The Labute approximate surface area is 261 Å². The summed E-state index contributed by atoms with van der Waals surface area (Å²) in [7, 11) is 0. The maximum absolute atomic E-state index is 13.3. The van der Waals surface area contributed by atoms with Crippen LogP contribution in [0.5, 0.6) is 0 Å². The minimum Gasteiger partial charge on any atom is -0.477 e. The molecule has 0 aromatic heterocycles. The molecule has 2 saturated heterocycles. The van der Waals surface area contributed by atoms with Gasteiger partial charge in [-0.3, -0.25) is 19.7 Å². The van der Waals surface area contributed by atoms with Gasteiger partial charge in [0.05, 0.1) is 29.1 Å². The van der Waals surface area contributed by atoms with Crippen LogP contribution in [-0.4, -0.2) is 96.8 Å². The molecule has 44 heavy (non-hydrogen) atoms. The van der Waals surface area contributed by atoms with E-state index in [9.17, 15) is 39.5 Å². The lowest BCUT2D eigenvalue weighted by molar-refractivity contribution is -0.384. The van der Waals surface area contributed by atoms with E-state index in [1.165, 1.54) is 59.6 Å². The number of thioether (sulfide) groups is 2. The van der Waals surface area contributed by atoms with Crippen molar-refractivity contribution >= 4 is 53.1 Å². The lowest BCUT2D eigenvalue weighted by Crippen LogP contribution is -2.63. The molecule has 3 aliphatic rings. The normalized spacial score (nSPS) is 24.8. The van der Waals surface area contributed by atoms with E-state index in [1.807, 2.05) is 13.0 Å². The van der Waals surface area contributed by atoms with Crippen molar-refractivity contribution < 1.29 is 39.1 Å². The highest BCUT2D eigenvalue weighted by Gasteiger charge is 2.60. The van der Waals surface area contributed by atoms with Gasteiger partial charge < -0.3 is 30.1 Å². The number of carboxylic acid groups (broad SMARTS) is 1. The number of nitro groups is 1. The molecule has 1 unspecified atom stereocenters. The van der Waals surface area contributed by atoms with Crippen molar-refractivity contribution in [3.8, 4) is 6.07 Å². The highest BCUT2D eigenvalue weighted by Crippen LogP contribution is 2.52. The summed E-state index contributed by atoms with van der Waals surface area (Å²) in [6, 6.07) is 6.77. The second-order valence-electron chi connectivity index (χ2n) is 10.8. The van der Waals surface area contributed by atoms with Crippen LogP contribution in [0.3, 0.4) is 0 Å². The Morgan fingerprint density at radius 1 is 1.30 bits per heavy atom. The van der Waals surface area contributed by atoms with E-state index in [2.05, 4.69) is 5.32 Å². The molecule has 3 aliphatic heterocycles. The number of nitrogens with one attached hydrogen (secondary N) is 1. The van der Waals surface area contributed by atoms with Crippen molar-refractivity contribution in [2.24, 2.45) is 11.8 Å². The van der Waals surface area contributed by atoms with Gasteiger partial charge in [-0.2, -0.15) is 17.0 Å². The zero-order valence-electron chi connectivity index (χ0n) is 24.1. The number of hydrogen-bond acceptors (Lipinski definition) is 11. The third-order valence-electron chi connectivity index (χ3n) is 7.87. The number of aliphatic carboxylic acids is 1. The minimum atomic E-state index is -1.22. The smallest absolute Gasteiger partial charge is 0.410 e. The van der Waals surface area contributed by atoms with Gasteiger partial charge in [0.15, 0.2) is 0 Å². The number of aliphatic hydroxyl groups is 1. The molecular weight excluding hydrogens is 614 g/mol. The zero-order valence-corrected chi connectivity index (χ0v) is 25.7. The van der Waals surface area contributed by atoms with Gasteiger partial charge in [-0.05, 0) is 31.0 Å². The van der Waals surface area contributed by atoms with E-state index >= 15 is 0 Å². The van der Waals surface area contributed by atoms with Crippen LogP contribution in [0.25, 0.3) is 0 Å². The first kappa shape index (κ1) is 33.1. The average Bonchev–Trinajstić information content (AvgIpc) is 3.49. The number of nitrogens with zero attached hydrogens (tertiary/aromatic N) is 4. The quantitative estimate of drug-likeness (QED) is 0.0928. The number of hydrogen-bond donors (Lipinski definition) is 3. The van der Waals surface area contributed by atoms with Gasteiger partial charge in [-0.15, -0.1) is 11.8 Å². The first-order chi connectivity index (χ1) is 20.9. The molecule has 6 atom stereocenters. The maximum Gasteiger partial charge on any atom is 0.410 e. The largest absolute Gasteiger partial charge is 0.477 e. The second-order valence-corrected chi connectivity index (χ2v) is 13.3. The highest BCUT2D eigenvalue weighted by atomic mass is 32.2. The molecular formula is C28H33N5O9S2. The molecule has 0 radical (unpaired) electrons. The Bertz CT molecular complexity index is 1380. The van der Waals surface area contributed by atoms with Crippen molar-refractivity contribution in [1.82, 2.24) is 15.1 Å². The molecule has 0 spiro atoms. The predicted octanol–water partition coefficient (Wildman–Crippen LogP) is 2.32. The number of non-ortho nitro benzene ring substituents is 1. The van der Waals surface area contributed by atoms with Gasteiger partial charge in [-0.25, -0.2) is 9.59 Å². The fourth-order valence-corrected chi connectivity index (χ4v) is 8.40. The van der Waals surface area contributed by atoms with Crippen molar-refractivity contribution in [1.29, 1.82) is 5.26 Å². The number of carbonyl (C=O) groups is 4. The number of carbonyl (C=O) groups excluding carboxylic acids is 3. The molecule has 16 heteroatoms. The third-order valence-corrected chi connectivity index (χ3v) is 10.5. The molecule has 0 bridgehead atoms. The first-order valence-corrected chi connectivity index (χ1v) is 16.0. The SMILES string of the molecule is C[C@H]1C(S[C@H]2C[C@@H](CSCCC(=O)NCC#N)N(C(=O)OCc3ccc([N+](=O)[O-])cc3)C2)=C(C(=O)O)N2C(=O)[C@H]([C@@H](C)O)C12. The van der Waals surface area contributed by atoms with Crippen LogP contribution in [-0.2, 0) is 25.7 Å². The van der Waals surface area contributed by atoms with Crippen LogP contribution in [0.2, 0.25) is 0 Å². The third kappa shape index (κ3) is 7.11. The van der Waals surface area contributed by atoms with E-state index in [-0.39, 0.29) is 60.6 Å². The standard InChI is InChI=1S/C28H33N5O9S2/c1-15-23-22(16(2)34)26(36)32(23)24(27(37)38)25(15)44-20-11-19(14-43-10-7-21(35)30-9-8-29)31(12-20)28(39)42-13-17-3-5-18(6-4-17)33(40)41/h3-6,15-16,19-20,22-23,34H,7,9-14H2,1-2H3,(H,30,35)(H,37,38)/t15-,16-,19+,20+,22-,23?/m1/s1. The number of ether oxygens (including phenoxy) is 1. The number of rotatable bonds is 13. The molecule has 0 saturated carbocycles. The zero-order chi connectivity index (χ0) is 32.1. The topological polar surface area (TPSA) is 203 Å². The van der Waals surface area contributed by atoms with Crippen molar-refractivity contribution in [3.63, 3.8) is 0 Å². The summed E-state index contributed by atoms with van der Waals surface area (Å²) in [5.74, 6) is -1.95. The number of amides is 3. The first-order valence-electron chi connectivity index (χ1n) is 14.0. The fraction of sp³-hybridized carbons (Fsp3) is 0.536. The summed E-state index contributed by atoms with van der Waals surface area (Å²) < 4.78 is 5.55. The number of likely N-dealkylation sites (tertiary alicyclic amines) is 1. The van der Waals surface area contributed by atoms with Gasteiger partial charge in [0.25, 0.3) is 5.69 Å². The second kappa shape index (κ2) is 14.3. The number of aliphatic hydroxyl groups excluding tert-OH is 1. The minimum absolute atomic E-state index is 0.0755. The number of carboxylic acids is 1. The fourth-order valence-electron chi connectivity index (χ4n) is 5.75. The van der Waals surface area contributed by atoms with Gasteiger partial charge in [-0.1, -0.05) is 6.92 Å². The summed E-state index contributed by atoms with van der Waals surface area (Å²) in [6.07, 6.45) is -0.804. The maximum atomic E-state index is 13.3. The summed E-state index contributed by atoms with van der Waals surface area (Å²) in [6.45, 7) is 3.43. The Morgan fingerprint density at radius 2 is 2.00 bits per heavy atom. The van der Waals surface area contributed by atoms with E-state index in [4.69, 9.17) is 10.00 Å². The molecule has 3 heterocycles. The van der Waals surface area contributed by atoms with Crippen molar-refractivity contribution in [3.05, 3.63) is 50.5 Å². The van der Waals surface area contributed by atoms with Crippen LogP contribution in [0.15, 0.2) is 34.9 Å². The Kier molecular flexibility index (Phi) is 10.8. The van der Waals surface area contributed by atoms with Gasteiger partial charge in [0.2, 0.25) is 11.8 Å². The lowest BCUT2D eigenvalue weighted by atomic mass is 9.79. The number of fused-ring (bicyclic) bond motifs is 1. The number of benzene rings is 1. The van der Waals surface area contributed by atoms with Gasteiger partial charge in [0, 0.05) is 58.7 Å².